The normalized spacial score (nSPS) is 16.1. The van der Waals surface area contributed by atoms with Gasteiger partial charge in [0, 0.05) is 16.9 Å². The third-order valence-electron chi connectivity index (χ3n) is 5.20. The molecule has 0 spiro atoms. The standard InChI is InChI=1S/C23H20ClF6N3O3S/c1-37(35,36)33(13-15-3-4-16(11-19(15)24)22(25,26)27)18-7-5-17(6-8-18)32-21(34)10-14-2-9-20(31-12-14)23(28,29)30/h2-9,11-12,20,31H,10,13H2,1H3,(H,32,34). The zero-order chi connectivity index (χ0) is 27.6. The van der Waals surface area contributed by atoms with Gasteiger partial charge < -0.3 is 10.6 Å². The molecule has 0 bridgehead atoms. The molecule has 0 saturated carbocycles. The predicted octanol–water partition coefficient (Wildman–Crippen LogP) is 5.63. The van der Waals surface area contributed by atoms with Crippen LogP contribution in [0.15, 0.2) is 66.4 Å². The molecule has 1 unspecified atom stereocenters. The maximum absolute atomic E-state index is 12.9. The van der Waals surface area contributed by atoms with Crippen molar-refractivity contribution in [2.24, 2.45) is 0 Å². The third kappa shape index (κ3) is 7.65. The maximum atomic E-state index is 12.9. The van der Waals surface area contributed by atoms with Crippen LogP contribution in [0.25, 0.3) is 0 Å². The Bertz CT molecular complexity index is 1320. The number of benzene rings is 2. The van der Waals surface area contributed by atoms with E-state index in [-0.39, 0.29) is 34.9 Å². The van der Waals surface area contributed by atoms with E-state index in [4.69, 9.17) is 11.6 Å². The van der Waals surface area contributed by atoms with Gasteiger partial charge in [0.15, 0.2) is 0 Å². The first kappa shape index (κ1) is 28.4. The number of hydrogen-bond acceptors (Lipinski definition) is 4. The highest BCUT2D eigenvalue weighted by molar-refractivity contribution is 7.92. The molecule has 0 aliphatic carbocycles. The molecule has 37 heavy (non-hydrogen) atoms. The summed E-state index contributed by atoms with van der Waals surface area (Å²) < 4.78 is 102. The molecule has 1 amide bonds. The van der Waals surface area contributed by atoms with Crippen LogP contribution >= 0.6 is 11.6 Å². The van der Waals surface area contributed by atoms with Gasteiger partial charge in [-0.05, 0) is 47.5 Å². The van der Waals surface area contributed by atoms with Crippen molar-refractivity contribution in [3.8, 4) is 0 Å². The van der Waals surface area contributed by atoms with Crippen molar-refractivity contribution in [2.45, 2.75) is 31.4 Å². The first-order valence-corrected chi connectivity index (χ1v) is 12.7. The summed E-state index contributed by atoms with van der Waals surface area (Å²) in [7, 11) is -3.88. The zero-order valence-electron chi connectivity index (χ0n) is 19.0. The number of nitrogens with one attached hydrogen (secondary N) is 2. The fraction of sp³-hybridized carbons (Fsp3) is 0.261. The summed E-state index contributed by atoms with van der Waals surface area (Å²) in [6.45, 7) is -0.339. The fourth-order valence-electron chi connectivity index (χ4n) is 3.34. The number of hydrogen-bond donors (Lipinski definition) is 2. The van der Waals surface area contributed by atoms with Crippen LogP contribution in [0.4, 0.5) is 37.7 Å². The van der Waals surface area contributed by atoms with Gasteiger partial charge in [0.25, 0.3) is 0 Å². The summed E-state index contributed by atoms with van der Waals surface area (Å²) in [5.41, 5.74) is -0.0466. The van der Waals surface area contributed by atoms with Gasteiger partial charge in [0.2, 0.25) is 15.9 Å². The fourth-order valence-corrected chi connectivity index (χ4v) is 4.46. The van der Waals surface area contributed by atoms with E-state index in [9.17, 15) is 39.6 Å². The summed E-state index contributed by atoms with van der Waals surface area (Å²) in [6.07, 6.45) is -5.14. The molecule has 0 radical (unpaired) electrons. The molecule has 2 N–H and O–H groups in total. The second kappa shape index (κ2) is 10.7. The SMILES string of the molecule is CS(=O)(=O)N(Cc1ccc(C(F)(F)F)cc1Cl)c1ccc(NC(=O)CC2=CNC(C(F)(F)F)C=C2)cc1. The molecule has 1 aliphatic heterocycles. The van der Waals surface area contributed by atoms with E-state index in [0.717, 1.165) is 35.0 Å². The minimum absolute atomic E-state index is 0.146. The monoisotopic (exact) mass is 567 g/mol. The molecule has 0 fully saturated rings. The largest absolute Gasteiger partial charge is 0.416 e. The average molecular weight is 568 g/mol. The van der Waals surface area contributed by atoms with E-state index in [1.807, 2.05) is 0 Å². The van der Waals surface area contributed by atoms with Crippen molar-refractivity contribution in [3.05, 3.63) is 82.5 Å². The van der Waals surface area contributed by atoms with Gasteiger partial charge in [-0.2, -0.15) is 26.3 Å². The summed E-state index contributed by atoms with van der Waals surface area (Å²) in [4.78, 5) is 12.3. The van der Waals surface area contributed by atoms with Crippen molar-refractivity contribution in [1.29, 1.82) is 0 Å². The van der Waals surface area contributed by atoms with Gasteiger partial charge in [-0.15, -0.1) is 0 Å². The van der Waals surface area contributed by atoms with Crippen molar-refractivity contribution in [2.75, 3.05) is 15.9 Å². The quantitative estimate of drug-likeness (QED) is 0.425. The lowest BCUT2D eigenvalue weighted by Crippen LogP contribution is -2.39. The lowest BCUT2D eigenvalue weighted by Gasteiger charge is -2.23. The zero-order valence-corrected chi connectivity index (χ0v) is 20.6. The van der Waals surface area contributed by atoms with E-state index in [2.05, 4.69) is 10.6 Å². The van der Waals surface area contributed by atoms with E-state index in [0.29, 0.717) is 11.6 Å². The molecule has 6 nitrogen and oxygen atoms in total. The Labute approximate surface area is 213 Å². The number of anilines is 2. The maximum Gasteiger partial charge on any atom is 0.416 e. The van der Waals surface area contributed by atoms with Crippen LogP contribution in [0.3, 0.4) is 0 Å². The predicted molar refractivity (Wildman–Crippen MR) is 127 cm³/mol. The van der Waals surface area contributed by atoms with Gasteiger partial charge >= 0.3 is 12.4 Å². The number of sulfonamides is 1. The molecule has 0 aromatic heterocycles. The van der Waals surface area contributed by atoms with Gasteiger partial charge in [-0.3, -0.25) is 9.10 Å². The summed E-state index contributed by atoms with van der Waals surface area (Å²) in [6, 6.07) is 6.35. The minimum atomic E-state index is -4.61. The number of carbonyl (C=O) groups is 1. The first-order chi connectivity index (χ1) is 17.0. The molecule has 3 rings (SSSR count). The number of dihydropyridines is 1. The number of halogens is 7. The molecule has 200 valence electrons. The lowest BCUT2D eigenvalue weighted by atomic mass is 10.1. The van der Waals surface area contributed by atoms with Crippen LogP contribution in [0, 0.1) is 0 Å². The van der Waals surface area contributed by atoms with Crippen LogP contribution in [-0.2, 0) is 27.5 Å². The minimum Gasteiger partial charge on any atom is -0.377 e. The molecular weight excluding hydrogens is 548 g/mol. The second-order valence-corrected chi connectivity index (χ2v) is 10.4. The van der Waals surface area contributed by atoms with E-state index in [1.165, 1.54) is 30.3 Å². The summed E-state index contributed by atoms with van der Waals surface area (Å²) in [5, 5.41) is 4.47. The summed E-state index contributed by atoms with van der Waals surface area (Å²) >= 11 is 5.97. The van der Waals surface area contributed by atoms with Crippen molar-refractivity contribution < 1.29 is 39.6 Å². The number of nitrogens with zero attached hydrogens (tertiary/aromatic N) is 1. The molecule has 0 saturated heterocycles. The van der Waals surface area contributed by atoms with Gasteiger partial charge in [0.05, 0.1) is 30.5 Å². The summed E-state index contributed by atoms with van der Waals surface area (Å²) in [5.74, 6) is -0.521. The van der Waals surface area contributed by atoms with Crippen LogP contribution in [0.1, 0.15) is 17.5 Å². The molecule has 1 heterocycles. The third-order valence-corrected chi connectivity index (χ3v) is 6.69. The Morgan fingerprint density at radius 3 is 2.22 bits per heavy atom. The number of carbonyl (C=O) groups excluding carboxylic acids is 1. The Morgan fingerprint density at radius 2 is 1.73 bits per heavy atom. The topological polar surface area (TPSA) is 78.5 Å². The number of allylic oxidation sites excluding steroid dienone is 1. The van der Waals surface area contributed by atoms with Crippen molar-refractivity contribution >= 4 is 38.9 Å². The first-order valence-electron chi connectivity index (χ1n) is 10.5. The van der Waals surface area contributed by atoms with Crippen LogP contribution < -0.4 is 14.9 Å². The lowest BCUT2D eigenvalue weighted by molar-refractivity contribution is -0.142. The molecular formula is C23H20ClF6N3O3S. The Hall–Kier alpha value is -3.19. The molecule has 2 aromatic carbocycles. The smallest absolute Gasteiger partial charge is 0.377 e. The van der Waals surface area contributed by atoms with Gasteiger partial charge in [0.1, 0.15) is 6.04 Å². The Balaban J connectivity index is 1.69. The highest BCUT2D eigenvalue weighted by Crippen LogP contribution is 2.33. The Kier molecular flexibility index (Phi) is 8.18. The van der Waals surface area contributed by atoms with E-state index in [1.54, 1.807) is 0 Å². The molecule has 1 atom stereocenters. The molecule has 1 aliphatic rings. The Morgan fingerprint density at radius 1 is 1.08 bits per heavy atom. The molecule has 14 heteroatoms. The highest BCUT2D eigenvalue weighted by atomic mass is 35.5. The van der Waals surface area contributed by atoms with Gasteiger partial charge in [-0.1, -0.05) is 29.8 Å². The second-order valence-electron chi connectivity index (χ2n) is 8.11. The molecule has 2 aromatic rings. The van der Waals surface area contributed by atoms with Crippen LogP contribution in [-0.4, -0.2) is 32.8 Å². The van der Waals surface area contributed by atoms with Crippen LogP contribution in [0.5, 0.6) is 0 Å². The van der Waals surface area contributed by atoms with Gasteiger partial charge in [-0.25, -0.2) is 8.42 Å². The van der Waals surface area contributed by atoms with Crippen molar-refractivity contribution in [1.82, 2.24) is 5.32 Å². The van der Waals surface area contributed by atoms with Crippen molar-refractivity contribution in [3.63, 3.8) is 0 Å². The average Bonchev–Trinajstić information content (AvgIpc) is 2.77. The van der Waals surface area contributed by atoms with E-state index >= 15 is 0 Å². The van der Waals surface area contributed by atoms with E-state index < -0.39 is 39.9 Å². The number of alkyl halides is 6. The van der Waals surface area contributed by atoms with Crippen LogP contribution in [0.2, 0.25) is 5.02 Å². The number of rotatable bonds is 7. The highest BCUT2D eigenvalue weighted by Gasteiger charge is 2.38. The number of amides is 1.